The molecule has 2 heteroatoms. The molecule has 2 fully saturated rings. The number of hydrogen-bond donors (Lipinski definition) is 0. The molecule has 2 unspecified atom stereocenters. The Labute approximate surface area is 168 Å². The van der Waals surface area contributed by atoms with E-state index in [4.69, 9.17) is 0 Å². The predicted octanol–water partition coefficient (Wildman–Crippen LogP) is 7.32. The second-order valence-electron chi connectivity index (χ2n) is 12.2. The van der Waals surface area contributed by atoms with Crippen molar-refractivity contribution < 1.29 is 4.79 Å². The first-order valence-corrected chi connectivity index (χ1v) is 14.4. The third-order valence-electron chi connectivity index (χ3n) is 10.2. The van der Waals surface area contributed by atoms with Crippen molar-refractivity contribution in [2.75, 3.05) is 0 Å². The first kappa shape index (κ1) is 19.7. The maximum Gasteiger partial charge on any atom is 0.146 e. The maximum atomic E-state index is 12.6. The zero-order chi connectivity index (χ0) is 19.8. The fraction of sp³-hybridized carbons (Fsp3) is 0.800. The summed E-state index contributed by atoms with van der Waals surface area (Å²) >= 11 is 0. The van der Waals surface area contributed by atoms with Crippen LogP contribution in [0.2, 0.25) is 23.7 Å². The van der Waals surface area contributed by atoms with E-state index in [1.807, 2.05) is 0 Å². The number of Topliss-reactive ketones (excluding diaryl/α,β-unsaturated/α-hetero) is 1. The number of fused-ring (bicyclic) bond motifs is 5. The molecule has 0 aromatic rings. The lowest BCUT2D eigenvalue weighted by Crippen LogP contribution is -2.50. The van der Waals surface area contributed by atoms with Crippen molar-refractivity contribution in [1.82, 2.24) is 0 Å². The molecule has 0 aromatic carbocycles. The lowest BCUT2D eigenvalue weighted by Gasteiger charge is -2.57. The number of hydrogen-bond acceptors (Lipinski definition) is 1. The molecule has 0 amide bonds. The van der Waals surface area contributed by atoms with E-state index in [1.54, 1.807) is 5.57 Å². The Morgan fingerprint density at radius 3 is 2.44 bits per heavy atom. The normalized spacial score (nSPS) is 42.0. The molecule has 0 spiro atoms. The van der Waals surface area contributed by atoms with Crippen LogP contribution in [0.15, 0.2) is 23.3 Å². The number of carbonyl (C=O) groups excluding carboxylic acids is 1. The van der Waals surface area contributed by atoms with E-state index >= 15 is 0 Å². The molecule has 5 atom stereocenters. The van der Waals surface area contributed by atoms with Gasteiger partial charge in [-0.25, -0.2) is 0 Å². The van der Waals surface area contributed by atoms with Crippen LogP contribution < -0.4 is 0 Å². The molecule has 0 radical (unpaired) electrons. The highest BCUT2D eigenvalue weighted by Gasteiger charge is 2.56. The van der Waals surface area contributed by atoms with E-state index in [2.05, 4.69) is 59.9 Å². The molecule has 0 heterocycles. The fourth-order valence-corrected chi connectivity index (χ4v) is 9.87. The van der Waals surface area contributed by atoms with E-state index in [0.29, 0.717) is 28.6 Å². The molecule has 4 aliphatic carbocycles. The van der Waals surface area contributed by atoms with Crippen LogP contribution in [0.25, 0.3) is 0 Å². The first-order valence-electron chi connectivity index (χ1n) is 11.3. The van der Waals surface area contributed by atoms with E-state index in [1.165, 1.54) is 37.7 Å². The second-order valence-corrected chi connectivity index (χ2v) is 17.9. The van der Waals surface area contributed by atoms with E-state index in [0.717, 1.165) is 17.9 Å². The molecule has 1 nitrogen and oxygen atoms in total. The molecular formula is C25H40OSi. The van der Waals surface area contributed by atoms with Crippen molar-refractivity contribution in [3.63, 3.8) is 0 Å². The zero-order valence-electron chi connectivity index (χ0n) is 18.7. The van der Waals surface area contributed by atoms with Gasteiger partial charge in [-0.1, -0.05) is 70.5 Å². The highest BCUT2D eigenvalue weighted by atomic mass is 28.3. The largest absolute Gasteiger partial charge is 0.298 e. The SMILES string of the molecule is CC(C)(C)[Si](C)(C)[C@H]1CC[C@@]2(C)C(=CCC3C4=CCC(=O)[C@@]4(C)CCC32)C1. The van der Waals surface area contributed by atoms with Gasteiger partial charge in [-0.15, -0.1) is 0 Å². The topological polar surface area (TPSA) is 17.1 Å². The van der Waals surface area contributed by atoms with Crippen molar-refractivity contribution in [2.24, 2.45) is 22.7 Å². The van der Waals surface area contributed by atoms with Crippen molar-refractivity contribution in [2.45, 2.75) is 103 Å². The number of allylic oxidation sites excluding steroid dienone is 4. The summed E-state index contributed by atoms with van der Waals surface area (Å²) in [6.07, 6.45) is 13.3. The predicted molar refractivity (Wildman–Crippen MR) is 118 cm³/mol. The summed E-state index contributed by atoms with van der Waals surface area (Å²) in [6, 6.07) is 0. The van der Waals surface area contributed by atoms with E-state index in [-0.39, 0.29) is 5.41 Å². The lowest BCUT2D eigenvalue weighted by atomic mass is 9.49. The highest BCUT2D eigenvalue weighted by Crippen LogP contribution is 2.65. The molecule has 0 aromatic heterocycles. The van der Waals surface area contributed by atoms with Gasteiger partial charge < -0.3 is 0 Å². The highest BCUT2D eigenvalue weighted by molar-refractivity contribution is 6.81. The van der Waals surface area contributed by atoms with Gasteiger partial charge in [0.25, 0.3) is 0 Å². The Balaban J connectivity index is 1.63. The second kappa shape index (κ2) is 5.94. The van der Waals surface area contributed by atoms with Crippen molar-refractivity contribution in [3.8, 4) is 0 Å². The molecule has 4 rings (SSSR count). The Kier molecular flexibility index (Phi) is 4.33. The average molecular weight is 385 g/mol. The monoisotopic (exact) mass is 384 g/mol. The van der Waals surface area contributed by atoms with Gasteiger partial charge in [-0.3, -0.25) is 4.79 Å². The van der Waals surface area contributed by atoms with Crippen LogP contribution in [-0.4, -0.2) is 13.9 Å². The fourth-order valence-electron chi connectivity index (χ4n) is 7.05. The molecule has 2 saturated carbocycles. The quantitative estimate of drug-likeness (QED) is 0.342. The molecule has 0 saturated heterocycles. The summed E-state index contributed by atoms with van der Waals surface area (Å²) in [6.45, 7) is 17.5. The Hall–Kier alpha value is -0.633. The standard InChI is InChI=1S/C25H40OSi/c1-23(2,3)27(6,7)18-12-14-24(4)17(16-18)8-9-19-20-10-11-22(26)25(20,5)15-13-21(19)24/h8,10,18-19,21H,9,11-16H2,1-7H3/t18-,19?,21?,24-,25-/m0/s1. The minimum absolute atomic E-state index is 0.124. The smallest absolute Gasteiger partial charge is 0.146 e. The van der Waals surface area contributed by atoms with Crippen molar-refractivity contribution in [3.05, 3.63) is 23.3 Å². The summed E-state index contributed by atoms with van der Waals surface area (Å²) in [5, 5.41) is 0.477. The molecule has 27 heavy (non-hydrogen) atoms. The molecule has 0 aliphatic heterocycles. The zero-order valence-corrected chi connectivity index (χ0v) is 19.7. The summed E-state index contributed by atoms with van der Waals surface area (Å²) in [4.78, 5) is 12.6. The Morgan fingerprint density at radius 1 is 1.07 bits per heavy atom. The van der Waals surface area contributed by atoms with Crippen molar-refractivity contribution >= 4 is 13.9 Å². The van der Waals surface area contributed by atoms with Crippen LogP contribution in [0, 0.1) is 22.7 Å². The van der Waals surface area contributed by atoms with Crippen LogP contribution >= 0.6 is 0 Å². The third kappa shape index (κ3) is 2.64. The molecular weight excluding hydrogens is 344 g/mol. The van der Waals surface area contributed by atoms with Crippen molar-refractivity contribution in [1.29, 1.82) is 0 Å². The molecule has 0 bridgehead atoms. The van der Waals surface area contributed by atoms with E-state index < -0.39 is 8.07 Å². The van der Waals surface area contributed by atoms with Gasteiger partial charge in [0.05, 0.1) is 8.07 Å². The van der Waals surface area contributed by atoms with Gasteiger partial charge in [0, 0.05) is 11.8 Å². The summed E-state index contributed by atoms with van der Waals surface area (Å²) in [7, 11) is -1.30. The lowest BCUT2D eigenvalue weighted by molar-refractivity contribution is -0.126. The summed E-state index contributed by atoms with van der Waals surface area (Å²) < 4.78 is 0. The first-order chi connectivity index (χ1) is 12.4. The van der Waals surface area contributed by atoms with Crippen LogP contribution in [-0.2, 0) is 4.79 Å². The Bertz CT molecular complexity index is 721. The maximum absolute atomic E-state index is 12.6. The van der Waals surface area contributed by atoms with Gasteiger partial charge in [0.2, 0.25) is 0 Å². The van der Waals surface area contributed by atoms with Gasteiger partial charge in [-0.05, 0) is 66.9 Å². The third-order valence-corrected chi connectivity index (χ3v) is 16.6. The van der Waals surface area contributed by atoms with Gasteiger partial charge in [0.1, 0.15) is 5.78 Å². The van der Waals surface area contributed by atoms with Gasteiger partial charge >= 0.3 is 0 Å². The van der Waals surface area contributed by atoms with E-state index in [9.17, 15) is 4.79 Å². The van der Waals surface area contributed by atoms with Crippen LogP contribution in [0.5, 0.6) is 0 Å². The minimum atomic E-state index is -1.30. The van der Waals surface area contributed by atoms with Gasteiger partial charge in [-0.2, -0.15) is 0 Å². The van der Waals surface area contributed by atoms with Crippen LogP contribution in [0.4, 0.5) is 0 Å². The summed E-state index contributed by atoms with van der Waals surface area (Å²) in [5.74, 6) is 1.88. The summed E-state index contributed by atoms with van der Waals surface area (Å²) in [5.41, 5.74) is 4.50. The number of ketones is 1. The molecule has 150 valence electrons. The molecule has 0 N–H and O–H groups in total. The number of carbonyl (C=O) groups is 1. The average Bonchev–Trinajstić information content (AvgIpc) is 2.88. The number of rotatable bonds is 1. The molecule has 4 aliphatic rings. The van der Waals surface area contributed by atoms with Crippen LogP contribution in [0.1, 0.15) is 79.6 Å². The minimum Gasteiger partial charge on any atom is -0.298 e. The Morgan fingerprint density at radius 2 is 1.78 bits per heavy atom. The van der Waals surface area contributed by atoms with Gasteiger partial charge in [0.15, 0.2) is 0 Å². The van der Waals surface area contributed by atoms with Crippen LogP contribution in [0.3, 0.4) is 0 Å².